The molecule has 6 nitrogen and oxygen atoms in total. The van der Waals surface area contributed by atoms with Gasteiger partial charge in [-0.15, -0.1) is 0 Å². The minimum atomic E-state index is -0.871. The van der Waals surface area contributed by atoms with Crippen LogP contribution < -0.4 is 4.90 Å². The Kier molecular flexibility index (Phi) is 6.49. The number of hydrogen-bond acceptors (Lipinski definition) is 5. The van der Waals surface area contributed by atoms with Gasteiger partial charge in [0, 0.05) is 32.1 Å². The Bertz CT molecular complexity index is 1050. The lowest BCUT2D eigenvalue weighted by Gasteiger charge is -2.26. The molecule has 2 heterocycles. The molecule has 3 aromatic rings. The largest absolute Gasteiger partial charge is 0.480 e. The minimum absolute atomic E-state index is 0.655. The van der Waals surface area contributed by atoms with Gasteiger partial charge in [-0.05, 0) is 48.2 Å². The van der Waals surface area contributed by atoms with Crippen molar-refractivity contribution < 1.29 is 14.6 Å². The number of hydrogen-bond donors (Lipinski definition) is 1. The van der Waals surface area contributed by atoms with Crippen molar-refractivity contribution in [3.05, 3.63) is 60.2 Å². The number of rotatable bonds is 7. The fourth-order valence-electron chi connectivity index (χ4n) is 3.93. The number of pyridine rings is 1. The summed E-state index contributed by atoms with van der Waals surface area (Å²) in [6.45, 7) is 6.28. The lowest BCUT2D eigenvalue weighted by Crippen LogP contribution is -2.37. The fourth-order valence-corrected chi connectivity index (χ4v) is 3.93. The molecule has 0 bridgehead atoms. The van der Waals surface area contributed by atoms with Gasteiger partial charge < -0.3 is 14.7 Å². The van der Waals surface area contributed by atoms with E-state index in [-0.39, 0.29) is 0 Å². The standard InChI is InChI=1S/C25H29N3O3/c1-18(25(29)30)27(2)24-17-21(20-6-4-3-5-7-20)22-16-19(8-9-23(22)26-24)10-11-28-12-14-31-15-13-28/h3-9,16-18H,10-15H2,1-2H3,(H,29,30). The maximum absolute atomic E-state index is 11.5. The van der Waals surface area contributed by atoms with E-state index in [2.05, 4.69) is 35.2 Å². The van der Waals surface area contributed by atoms with Crippen LogP contribution in [-0.4, -0.2) is 66.9 Å². The lowest BCUT2D eigenvalue weighted by molar-refractivity contribution is -0.138. The molecular weight excluding hydrogens is 390 g/mol. The van der Waals surface area contributed by atoms with Crippen molar-refractivity contribution in [2.24, 2.45) is 0 Å². The highest BCUT2D eigenvalue weighted by Gasteiger charge is 2.20. The molecule has 0 amide bonds. The molecule has 0 radical (unpaired) electrons. The van der Waals surface area contributed by atoms with Crippen molar-refractivity contribution in [2.75, 3.05) is 44.8 Å². The average Bonchev–Trinajstić information content (AvgIpc) is 2.82. The number of carboxylic acids is 1. The Labute approximate surface area is 183 Å². The third-order valence-corrected chi connectivity index (χ3v) is 6.06. The zero-order valence-electron chi connectivity index (χ0n) is 18.1. The SMILES string of the molecule is CC(C(=O)O)N(C)c1cc(-c2ccccc2)c2cc(CCN3CCOCC3)ccc2n1. The molecule has 1 saturated heterocycles. The van der Waals surface area contributed by atoms with Gasteiger partial charge in [-0.3, -0.25) is 4.90 Å². The topological polar surface area (TPSA) is 65.9 Å². The van der Waals surface area contributed by atoms with E-state index in [1.807, 2.05) is 24.3 Å². The van der Waals surface area contributed by atoms with E-state index in [4.69, 9.17) is 9.72 Å². The first kappa shape index (κ1) is 21.3. The maximum atomic E-state index is 11.5. The van der Waals surface area contributed by atoms with Gasteiger partial charge in [-0.2, -0.15) is 0 Å². The number of carboxylic acid groups (broad SMARTS) is 1. The monoisotopic (exact) mass is 419 g/mol. The summed E-state index contributed by atoms with van der Waals surface area (Å²) in [5.74, 6) is -0.216. The highest BCUT2D eigenvalue weighted by atomic mass is 16.5. The summed E-state index contributed by atoms with van der Waals surface area (Å²) in [5, 5.41) is 10.5. The number of likely N-dealkylation sites (N-methyl/N-ethyl adjacent to an activating group) is 1. The molecular formula is C25H29N3O3. The number of nitrogens with zero attached hydrogens (tertiary/aromatic N) is 3. The number of morpholine rings is 1. The van der Waals surface area contributed by atoms with E-state index in [0.717, 1.165) is 61.3 Å². The van der Waals surface area contributed by atoms with Crippen LogP contribution in [-0.2, 0) is 16.0 Å². The number of anilines is 1. The molecule has 0 aliphatic carbocycles. The van der Waals surface area contributed by atoms with Crippen LogP contribution in [0.5, 0.6) is 0 Å². The zero-order valence-corrected chi connectivity index (χ0v) is 18.1. The number of carbonyl (C=O) groups is 1. The van der Waals surface area contributed by atoms with Crippen LogP contribution in [0.25, 0.3) is 22.0 Å². The van der Waals surface area contributed by atoms with Crippen molar-refractivity contribution in [1.29, 1.82) is 0 Å². The Balaban J connectivity index is 1.71. The Morgan fingerprint density at radius 2 is 1.90 bits per heavy atom. The molecule has 1 aliphatic heterocycles. The second-order valence-corrected chi connectivity index (χ2v) is 8.07. The van der Waals surface area contributed by atoms with E-state index >= 15 is 0 Å². The van der Waals surface area contributed by atoms with E-state index in [9.17, 15) is 9.90 Å². The number of benzene rings is 2. The number of ether oxygens (including phenoxy) is 1. The van der Waals surface area contributed by atoms with E-state index in [0.29, 0.717) is 5.82 Å². The molecule has 1 aliphatic rings. The Morgan fingerprint density at radius 1 is 1.16 bits per heavy atom. The van der Waals surface area contributed by atoms with Gasteiger partial charge in [0.25, 0.3) is 0 Å². The van der Waals surface area contributed by atoms with Gasteiger partial charge >= 0.3 is 5.97 Å². The van der Waals surface area contributed by atoms with Crippen molar-refractivity contribution in [1.82, 2.24) is 9.88 Å². The summed E-state index contributed by atoms with van der Waals surface area (Å²) in [4.78, 5) is 20.4. The molecule has 6 heteroatoms. The molecule has 0 spiro atoms. The molecule has 31 heavy (non-hydrogen) atoms. The quantitative estimate of drug-likeness (QED) is 0.630. The molecule has 1 atom stereocenters. The van der Waals surface area contributed by atoms with Crippen LogP contribution in [0.4, 0.5) is 5.82 Å². The molecule has 0 saturated carbocycles. The molecule has 1 fully saturated rings. The van der Waals surface area contributed by atoms with Crippen LogP contribution in [0.1, 0.15) is 12.5 Å². The van der Waals surface area contributed by atoms with Gasteiger partial charge in [0.15, 0.2) is 0 Å². The summed E-state index contributed by atoms with van der Waals surface area (Å²) in [6, 6.07) is 18.0. The van der Waals surface area contributed by atoms with Crippen molar-refractivity contribution in [3.63, 3.8) is 0 Å². The van der Waals surface area contributed by atoms with Crippen LogP contribution in [0.2, 0.25) is 0 Å². The van der Waals surface area contributed by atoms with Gasteiger partial charge in [0.2, 0.25) is 0 Å². The molecule has 1 unspecified atom stereocenters. The average molecular weight is 420 g/mol. The van der Waals surface area contributed by atoms with E-state index in [1.165, 1.54) is 5.56 Å². The first-order valence-corrected chi connectivity index (χ1v) is 10.8. The van der Waals surface area contributed by atoms with E-state index < -0.39 is 12.0 Å². The van der Waals surface area contributed by atoms with Crippen LogP contribution in [0.3, 0.4) is 0 Å². The Morgan fingerprint density at radius 3 is 2.61 bits per heavy atom. The highest BCUT2D eigenvalue weighted by molar-refractivity contribution is 5.97. The summed E-state index contributed by atoms with van der Waals surface area (Å²) in [7, 11) is 1.78. The number of aliphatic carboxylic acids is 1. The van der Waals surface area contributed by atoms with Crippen molar-refractivity contribution >= 4 is 22.7 Å². The van der Waals surface area contributed by atoms with Crippen molar-refractivity contribution in [2.45, 2.75) is 19.4 Å². The third-order valence-electron chi connectivity index (χ3n) is 6.06. The molecule has 1 aromatic heterocycles. The predicted molar refractivity (Wildman–Crippen MR) is 124 cm³/mol. The smallest absolute Gasteiger partial charge is 0.326 e. The van der Waals surface area contributed by atoms with Crippen molar-refractivity contribution in [3.8, 4) is 11.1 Å². The molecule has 1 N–H and O–H groups in total. The van der Waals surface area contributed by atoms with Gasteiger partial charge in [0.1, 0.15) is 11.9 Å². The number of aromatic nitrogens is 1. The summed E-state index contributed by atoms with van der Waals surface area (Å²) >= 11 is 0. The highest BCUT2D eigenvalue weighted by Crippen LogP contribution is 2.32. The normalized spacial score (nSPS) is 15.7. The van der Waals surface area contributed by atoms with Gasteiger partial charge in [0.05, 0.1) is 18.7 Å². The minimum Gasteiger partial charge on any atom is -0.480 e. The third kappa shape index (κ3) is 4.86. The first-order chi connectivity index (χ1) is 15.0. The van der Waals surface area contributed by atoms with Crippen LogP contribution >= 0.6 is 0 Å². The summed E-state index contributed by atoms with van der Waals surface area (Å²) < 4.78 is 5.45. The lowest BCUT2D eigenvalue weighted by atomic mass is 9.98. The first-order valence-electron chi connectivity index (χ1n) is 10.8. The van der Waals surface area contributed by atoms with Crippen LogP contribution in [0, 0.1) is 0 Å². The van der Waals surface area contributed by atoms with Crippen LogP contribution in [0.15, 0.2) is 54.6 Å². The second kappa shape index (κ2) is 9.45. The molecule has 162 valence electrons. The van der Waals surface area contributed by atoms with Gasteiger partial charge in [-0.1, -0.05) is 36.4 Å². The van der Waals surface area contributed by atoms with E-state index in [1.54, 1.807) is 18.9 Å². The Hall–Kier alpha value is -2.96. The predicted octanol–water partition coefficient (Wildman–Crippen LogP) is 3.69. The van der Waals surface area contributed by atoms with Gasteiger partial charge in [-0.25, -0.2) is 9.78 Å². The fraction of sp³-hybridized carbons (Fsp3) is 0.360. The molecule has 2 aromatic carbocycles. The second-order valence-electron chi connectivity index (χ2n) is 8.07. The molecule has 4 rings (SSSR count). The summed E-state index contributed by atoms with van der Waals surface area (Å²) in [6.07, 6.45) is 0.974. The summed E-state index contributed by atoms with van der Waals surface area (Å²) in [5.41, 5.74) is 4.31. The zero-order chi connectivity index (χ0) is 21.8. The maximum Gasteiger partial charge on any atom is 0.326 e. The number of fused-ring (bicyclic) bond motifs is 1.